The lowest BCUT2D eigenvalue weighted by molar-refractivity contribution is -0.155. The maximum Gasteiger partial charge on any atom is 0.326 e. The van der Waals surface area contributed by atoms with Gasteiger partial charge in [-0.3, -0.25) is 4.79 Å². The monoisotopic (exact) mass is 276 g/mol. The summed E-state index contributed by atoms with van der Waals surface area (Å²) in [5, 5.41) is 9.40. The van der Waals surface area contributed by atoms with Crippen LogP contribution in [0.4, 0.5) is 0 Å². The van der Waals surface area contributed by atoms with E-state index in [-0.39, 0.29) is 12.5 Å². The fourth-order valence-electron chi connectivity index (χ4n) is 2.43. The third-order valence-electron chi connectivity index (χ3n) is 3.88. The fraction of sp³-hybridized carbons (Fsp3) is 0.467. The Labute approximate surface area is 118 Å². The van der Waals surface area contributed by atoms with E-state index in [1.807, 2.05) is 24.3 Å². The van der Waals surface area contributed by atoms with Gasteiger partial charge in [0.15, 0.2) is 0 Å². The Balaban J connectivity index is 2.36. The molecule has 20 heavy (non-hydrogen) atoms. The van der Waals surface area contributed by atoms with E-state index in [0.29, 0.717) is 13.0 Å². The van der Waals surface area contributed by atoms with Crippen molar-refractivity contribution in [2.75, 3.05) is 6.54 Å². The largest absolute Gasteiger partial charge is 0.480 e. The van der Waals surface area contributed by atoms with Gasteiger partial charge in [-0.05, 0) is 25.0 Å². The van der Waals surface area contributed by atoms with E-state index in [0.717, 1.165) is 11.1 Å². The molecular formula is C15H20N2O3. The smallest absolute Gasteiger partial charge is 0.326 e. The van der Waals surface area contributed by atoms with Crippen molar-refractivity contribution in [1.29, 1.82) is 0 Å². The summed E-state index contributed by atoms with van der Waals surface area (Å²) < 4.78 is 0. The zero-order valence-electron chi connectivity index (χ0n) is 11.8. The molecule has 3 N–H and O–H groups in total. The number of carboxylic acids is 1. The first-order valence-corrected chi connectivity index (χ1v) is 6.67. The molecule has 0 saturated heterocycles. The van der Waals surface area contributed by atoms with Gasteiger partial charge in [-0.2, -0.15) is 0 Å². The molecule has 0 spiro atoms. The molecule has 1 heterocycles. The Morgan fingerprint density at radius 1 is 1.35 bits per heavy atom. The predicted molar refractivity (Wildman–Crippen MR) is 75.0 cm³/mol. The second kappa shape index (κ2) is 5.25. The van der Waals surface area contributed by atoms with Gasteiger partial charge in [0.2, 0.25) is 5.91 Å². The zero-order chi connectivity index (χ0) is 14.9. The standard InChI is InChI=1S/C15H20N2O3/c1-15(2,9-16)14(20)17-8-11-6-4-3-5-10(11)7-12(17)13(18)19/h3-6,12H,7-9,16H2,1-2H3,(H,18,19). The molecule has 1 atom stereocenters. The van der Waals surface area contributed by atoms with E-state index in [9.17, 15) is 14.7 Å². The summed E-state index contributed by atoms with van der Waals surface area (Å²) >= 11 is 0. The molecule has 2 rings (SSSR count). The van der Waals surface area contributed by atoms with E-state index >= 15 is 0 Å². The molecule has 1 unspecified atom stereocenters. The molecule has 0 radical (unpaired) electrons. The molecular weight excluding hydrogens is 256 g/mol. The number of hydrogen-bond donors (Lipinski definition) is 2. The van der Waals surface area contributed by atoms with Crippen molar-refractivity contribution in [2.24, 2.45) is 11.1 Å². The number of fused-ring (bicyclic) bond motifs is 1. The van der Waals surface area contributed by atoms with Crippen molar-refractivity contribution in [2.45, 2.75) is 32.9 Å². The number of carbonyl (C=O) groups excluding carboxylic acids is 1. The van der Waals surface area contributed by atoms with E-state index < -0.39 is 17.4 Å². The van der Waals surface area contributed by atoms with Crippen molar-refractivity contribution in [1.82, 2.24) is 4.90 Å². The fourth-order valence-corrected chi connectivity index (χ4v) is 2.43. The lowest BCUT2D eigenvalue weighted by Crippen LogP contribution is -2.54. The average molecular weight is 276 g/mol. The Hall–Kier alpha value is -1.88. The molecule has 5 nitrogen and oxygen atoms in total. The van der Waals surface area contributed by atoms with Crippen molar-refractivity contribution in [3.05, 3.63) is 35.4 Å². The Bertz CT molecular complexity index is 540. The van der Waals surface area contributed by atoms with Gasteiger partial charge in [0.25, 0.3) is 0 Å². The molecule has 1 aromatic rings. The summed E-state index contributed by atoms with van der Waals surface area (Å²) in [5.74, 6) is -1.18. The number of aliphatic carboxylic acids is 1. The van der Waals surface area contributed by atoms with Gasteiger partial charge in [-0.15, -0.1) is 0 Å². The maximum absolute atomic E-state index is 12.6. The normalized spacial score (nSPS) is 18.6. The molecule has 0 bridgehead atoms. The van der Waals surface area contributed by atoms with Crippen LogP contribution in [0.5, 0.6) is 0 Å². The van der Waals surface area contributed by atoms with Crippen LogP contribution < -0.4 is 5.73 Å². The first kappa shape index (κ1) is 14.5. The Kier molecular flexibility index (Phi) is 3.81. The first-order valence-electron chi connectivity index (χ1n) is 6.67. The van der Waals surface area contributed by atoms with Crippen LogP contribution in [0.15, 0.2) is 24.3 Å². The highest BCUT2D eigenvalue weighted by molar-refractivity contribution is 5.88. The third-order valence-corrected chi connectivity index (χ3v) is 3.88. The highest BCUT2D eigenvalue weighted by atomic mass is 16.4. The molecule has 1 aliphatic rings. The van der Waals surface area contributed by atoms with Crippen LogP contribution in [-0.2, 0) is 22.6 Å². The molecule has 1 aliphatic heterocycles. The molecule has 0 aliphatic carbocycles. The van der Waals surface area contributed by atoms with Crippen LogP contribution in [0.25, 0.3) is 0 Å². The number of hydrogen-bond acceptors (Lipinski definition) is 3. The van der Waals surface area contributed by atoms with Gasteiger partial charge in [0, 0.05) is 19.5 Å². The number of nitrogens with two attached hydrogens (primary N) is 1. The third kappa shape index (κ3) is 2.54. The lowest BCUT2D eigenvalue weighted by atomic mass is 9.87. The lowest BCUT2D eigenvalue weighted by Gasteiger charge is -2.38. The van der Waals surface area contributed by atoms with E-state index in [1.165, 1.54) is 4.90 Å². The summed E-state index contributed by atoms with van der Waals surface area (Å²) in [6.45, 7) is 4.01. The quantitative estimate of drug-likeness (QED) is 0.863. The maximum atomic E-state index is 12.6. The summed E-state index contributed by atoms with van der Waals surface area (Å²) in [5.41, 5.74) is 6.89. The summed E-state index contributed by atoms with van der Waals surface area (Å²) in [6, 6.07) is 6.82. The summed E-state index contributed by atoms with van der Waals surface area (Å²) in [7, 11) is 0. The van der Waals surface area contributed by atoms with Crippen molar-refractivity contribution in [3.8, 4) is 0 Å². The van der Waals surface area contributed by atoms with Crippen LogP contribution >= 0.6 is 0 Å². The van der Waals surface area contributed by atoms with Crippen LogP contribution in [0.2, 0.25) is 0 Å². The predicted octanol–water partition coefficient (Wildman–Crippen LogP) is 1.01. The van der Waals surface area contributed by atoms with Gasteiger partial charge in [-0.25, -0.2) is 4.79 Å². The van der Waals surface area contributed by atoms with E-state index in [2.05, 4.69) is 0 Å². The second-order valence-corrected chi connectivity index (χ2v) is 5.85. The van der Waals surface area contributed by atoms with Crippen molar-refractivity contribution >= 4 is 11.9 Å². The van der Waals surface area contributed by atoms with Gasteiger partial charge in [-0.1, -0.05) is 24.3 Å². The highest BCUT2D eigenvalue weighted by Gasteiger charge is 2.39. The minimum absolute atomic E-state index is 0.191. The molecule has 0 aromatic heterocycles. The van der Waals surface area contributed by atoms with Gasteiger partial charge in [0.1, 0.15) is 6.04 Å². The van der Waals surface area contributed by atoms with Crippen LogP contribution in [-0.4, -0.2) is 34.5 Å². The molecule has 5 heteroatoms. The number of amides is 1. The molecule has 1 amide bonds. The topological polar surface area (TPSA) is 83.6 Å². The second-order valence-electron chi connectivity index (χ2n) is 5.85. The number of carbonyl (C=O) groups is 2. The minimum Gasteiger partial charge on any atom is -0.480 e. The first-order chi connectivity index (χ1) is 9.36. The highest BCUT2D eigenvalue weighted by Crippen LogP contribution is 2.28. The number of carboxylic acid groups (broad SMARTS) is 1. The van der Waals surface area contributed by atoms with Crippen LogP contribution in [0.3, 0.4) is 0 Å². The van der Waals surface area contributed by atoms with Crippen LogP contribution in [0.1, 0.15) is 25.0 Å². The van der Waals surface area contributed by atoms with E-state index in [1.54, 1.807) is 13.8 Å². The molecule has 108 valence electrons. The molecule has 0 fully saturated rings. The van der Waals surface area contributed by atoms with Gasteiger partial charge >= 0.3 is 5.97 Å². The summed E-state index contributed by atoms with van der Waals surface area (Å²) in [6.07, 6.45) is 0.345. The van der Waals surface area contributed by atoms with Gasteiger partial charge < -0.3 is 15.7 Å². The minimum atomic E-state index is -0.972. The summed E-state index contributed by atoms with van der Waals surface area (Å²) in [4.78, 5) is 25.5. The number of benzene rings is 1. The molecule has 1 aromatic carbocycles. The Morgan fingerprint density at radius 2 is 1.95 bits per heavy atom. The molecule has 0 saturated carbocycles. The van der Waals surface area contributed by atoms with Crippen LogP contribution in [0, 0.1) is 5.41 Å². The zero-order valence-corrected chi connectivity index (χ0v) is 11.8. The average Bonchev–Trinajstić information content (AvgIpc) is 2.44. The van der Waals surface area contributed by atoms with E-state index in [4.69, 9.17) is 5.73 Å². The Morgan fingerprint density at radius 3 is 2.50 bits per heavy atom. The number of rotatable bonds is 3. The number of nitrogens with zero attached hydrogens (tertiary/aromatic N) is 1. The van der Waals surface area contributed by atoms with Gasteiger partial charge in [0.05, 0.1) is 5.41 Å². The van der Waals surface area contributed by atoms with Crippen molar-refractivity contribution in [3.63, 3.8) is 0 Å². The SMILES string of the molecule is CC(C)(CN)C(=O)N1Cc2ccccc2CC1C(=O)O. The van der Waals surface area contributed by atoms with Crippen molar-refractivity contribution < 1.29 is 14.7 Å².